The van der Waals surface area contributed by atoms with Crippen molar-refractivity contribution in [3.05, 3.63) is 41.5 Å². The van der Waals surface area contributed by atoms with Crippen molar-refractivity contribution in [2.75, 3.05) is 4.90 Å². The highest BCUT2D eigenvalue weighted by atomic mass is 19.4. The summed E-state index contributed by atoms with van der Waals surface area (Å²) in [6, 6.07) is 4.54. The van der Waals surface area contributed by atoms with E-state index in [-0.39, 0.29) is 0 Å². The molecule has 0 atom stereocenters. The molecule has 1 aromatic carbocycles. The number of nitrogens with zero attached hydrogens (tertiary/aromatic N) is 2. The van der Waals surface area contributed by atoms with Crippen LogP contribution < -0.4 is 4.90 Å². The molecule has 2 rings (SSSR count). The van der Waals surface area contributed by atoms with Gasteiger partial charge in [-0.05, 0) is 12.1 Å². The lowest BCUT2D eigenvalue weighted by Gasteiger charge is -2.20. The Bertz CT molecular complexity index is 623. The first-order chi connectivity index (χ1) is 8.86. The van der Waals surface area contributed by atoms with Crippen molar-refractivity contribution in [1.82, 2.24) is 0 Å². The Labute approximate surface area is 105 Å². The van der Waals surface area contributed by atoms with Crippen LogP contribution in [0.15, 0.2) is 30.4 Å². The molecule has 96 valence electrons. The van der Waals surface area contributed by atoms with Gasteiger partial charge in [0, 0.05) is 12.2 Å². The minimum atomic E-state index is -4.84. The fourth-order valence-corrected chi connectivity index (χ4v) is 1.76. The molecule has 1 aliphatic heterocycles. The molecular formula is C12H5F3N2O2. The molecular weight excluding hydrogens is 261 g/mol. The highest BCUT2D eigenvalue weighted by molar-refractivity contribution is 6.28. The van der Waals surface area contributed by atoms with Gasteiger partial charge in [-0.3, -0.25) is 9.59 Å². The Morgan fingerprint density at radius 3 is 2.16 bits per heavy atom. The van der Waals surface area contributed by atoms with Crippen LogP contribution in [0.1, 0.15) is 11.1 Å². The second kappa shape index (κ2) is 4.24. The normalized spacial score (nSPS) is 14.9. The monoisotopic (exact) mass is 266 g/mol. The molecule has 19 heavy (non-hydrogen) atoms. The zero-order valence-electron chi connectivity index (χ0n) is 9.23. The van der Waals surface area contributed by atoms with E-state index in [0.29, 0.717) is 4.90 Å². The largest absolute Gasteiger partial charge is 0.419 e. The fourth-order valence-electron chi connectivity index (χ4n) is 1.76. The van der Waals surface area contributed by atoms with Crippen LogP contribution in [0.25, 0.3) is 0 Å². The van der Waals surface area contributed by atoms with E-state index in [2.05, 4.69) is 0 Å². The third-order valence-corrected chi connectivity index (χ3v) is 2.50. The molecule has 1 aromatic rings. The Balaban J connectivity index is 2.69. The van der Waals surface area contributed by atoms with E-state index in [1.165, 1.54) is 12.1 Å². The minimum absolute atomic E-state index is 0.393. The zero-order valence-corrected chi connectivity index (χ0v) is 9.23. The average Bonchev–Trinajstić information content (AvgIpc) is 2.67. The number of rotatable bonds is 1. The first kappa shape index (κ1) is 12.8. The summed E-state index contributed by atoms with van der Waals surface area (Å²) in [5.41, 5.74) is -2.56. The van der Waals surface area contributed by atoms with Gasteiger partial charge in [0.2, 0.25) is 0 Å². The Morgan fingerprint density at radius 1 is 1.11 bits per heavy atom. The number of imide groups is 1. The van der Waals surface area contributed by atoms with E-state index < -0.39 is 34.8 Å². The molecule has 0 bridgehead atoms. The molecule has 0 aliphatic carbocycles. The molecule has 0 spiro atoms. The van der Waals surface area contributed by atoms with Gasteiger partial charge in [0.25, 0.3) is 11.8 Å². The van der Waals surface area contributed by atoms with Crippen LogP contribution in [0.5, 0.6) is 0 Å². The summed E-state index contributed by atoms with van der Waals surface area (Å²) >= 11 is 0. The number of benzene rings is 1. The van der Waals surface area contributed by atoms with Crippen LogP contribution in [0, 0.1) is 11.3 Å². The molecule has 0 N–H and O–H groups in total. The predicted molar refractivity (Wildman–Crippen MR) is 57.8 cm³/mol. The van der Waals surface area contributed by atoms with Gasteiger partial charge in [0.05, 0.1) is 22.9 Å². The van der Waals surface area contributed by atoms with Crippen molar-refractivity contribution in [3.63, 3.8) is 0 Å². The molecule has 0 unspecified atom stereocenters. The van der Waals surface area contributed by atoms with Crippen molar-refractivity contribution in [2.45, 2.75) is 6.18 Å². The number of anilines is 1. The summed E-state index contributed by atoms with van der Waals surface area (Å²) in [5, 5.41) is 8.73. The average molecular weight is 266 g/mol. The van der Waals surface area contributed by atoms with Crippen LogP contribution in [0.4, 0.5) is 18.9 Å². The lowest BCUT2D eigenvalue weighted by atomic mass is 10.0. The van der Waals surface area contributed by atoms with Crippen molar-refractivity contribution in [3.8, 4) is 6.07 Å². The van der Waals surface area contributed by atoms with Crippen molar-refractivity contribution in [2.24, 2.45) is 0 Å². The fraction of sp³-hybridized carbons (Fsp3) is 0.0833. The first-order valence-corrected chi connectivity index (χ1v) is 5.02. The molecule has 0 radical (unpaired) electrons. The van der Waals surface area contributed by atoms with Crippen molar-refractivity contribution < 1.29 is 22.8 Å². The maximum absolute atomic E-state index is 13.0. The number of carbonyl (C=O) groups excluding carboxylic acids is 2. The van der Waals surface area contributed by atoms with Gasteiger partial charge in [0.1, 0.15) is 0 Å². The molecule has 0 aromatic heterocycles. The van der Waals surface area contributed by atoms with Crippen LogP contribution in [-0.2, 0) is 15.8 Å². The number of carbonyl (C=O) groups is 2. The topological polar surface area (TPSA) is 61.2 Å². The van der Waals surface area contributed by atoms with Gasteiger partial charge >= 0.3 is 6.18 Å². The van der Waals surface area contributed by atoms with E-state index in [9.17, 15) is 22.8 Å². The van der Waals surface area contributed by atoms with Gasteiger partial charge in [-0.25, -0.2) is 4.90 Å². The number of hydrogen-bond donors (Lipinski definition) is 0. The van der Waals surface area contributed by atoms with Gasteiger partial charge in [-0.2, -0.15) is 18.4 Å². The summed E-state index contributed by atoms with van der Waals surface area (Å²) in [7, 11) is 0. The Morgan fingerprint density at radius 2 is 1.68 bits per heavy atom. The maximum Gasteiger partial charge on any atom is 0.419 e. The number of hydrogen-bond acceptors (Lipinski definition) is 3. The van der Waals surface area contributed by atoms with E-state index in [4.69, 9.17) is 5.26 Å². The summed E-state index contributed by atoms with van der Waals surface area (Å²) in [4.78, 5) is 23.3. The maximum atomic E-state index is 13.0. The van der Waals surface area contributed by atoms with Gasteiger partial charge in [-0.15, -0.1) is 0 Å². The number of amides is 2. The molecule has 1 heterocycles. The standard InChI is InChI=1S/C12H5F3N2O2/c13-12(14,15)11-7(6-16)2-1-3-8(11)17-9(18)4-5-10(17)19/h1-5H. The summed E-state index contributed by atoms with van der Waals surface area (Å²) in [5.74, 6) is -1.74. The van der Waals surface area contributed by atoms with Gasteiger partial charge < -0.3 is 0 Å². The lowest BCUT2D eigenvalue weighted by molar-refractivity contribution is -0.137. The minimum Gasteiger partial charge on any atom is -0.269 e. The summed E-state index contributed by atoms with van der Waals surface area (Å²) in [6.45, 7) is 0. The van der Waals surface area contributed by atoms with Crippen LogP contribution in [0.3, 0.4) is 0 Å². The first-order valence-electron chi connectivity index (χ1n) is 5.02. The van der Waals surface area contributed by atoms with Gasteiger partial charge in [0.15, 0.2) is 0 Å². The quantitative estimate of drug-likeness (QED) is 0.730. The molecule has 0 saturated heterocycles. The van der Waals surface area contributed by atoms with E-state index in [1.54, 1.807) is 0 Å². The van der Waals surface area contributed by atoms with Crippen LogP contribution in [0.2, 0.25) is 0 Å². The van der Waals surface area contributed by atoms with E-state index in [1.807, 2.05) is 0 Å². The second-order valence-corrected chi connectivity index (χ2v) is 3.65. The van der Waals surface area contributed by atoms with Crippen molar-refractivity contribution in [1.29, 1.82) is 5.26 Å². The third kappa shape index (κ3) is 2.08. The highest BCUT2D eigenvalue weighted by Gasteiger charge is 2.40. The molecule has 1 aliphatic rings. The predicted octanol–water partition coefficient (Wildman–Crippen LogP) is 2.01. The lowest BCUT2D eigenvalue weighted by Crippen LogP contribution is -2.32. The zero-order chi connectivity index (χ0) is 14.2. The molecule has 0 saturated carbocycles. The molecule has 7 heteroatoms. The van der Waals surface area contributed by atoms with Crippen molar-refractivity contribution >= 4 is 17.5 Å². The highest BCUT2D eigenvalue weighted by Crippen LogP contribution is 2.39. The smallest absolute Gasteiger partial charge is 0.269 e. The summed E-state index contributed by atoms with van der Waals surface area (Å²) in [6.07, 6.45) is -3.09. The van der Waals surface area contributed by atoms with Crippen LogP contribution in [-0.4, -0.2) is 11.8 Å². The molecule has 0 fully saturated rings. The second-order valence-electron chi connectivity index (χ2n) is 3.65. The Kier molecular flexibility index (Phi) is 2.86. The van der Waals surface area contributed by atoms with Crippen LogP contribution >= 0.6 is 0 Å². The third-order valence-electron chi connectivity index (χ3n) is 2.50. The number of halogens is 3. The number of alkyl halides is 3. The van der Waals surface area contributed by atoms with Gasteiger partial charge in [-0.1, -0.05) is 6.07 Å². The molecule has 2 amide bonds. The summed E-state index contributed by atoms with van der Waals surface area (Å²) < 4.78 is 38.9. The molecule has 4 nitrogen and oxygen atoms in total. The van der Waals surface area contributed by atoms with E-state index in [0.717, 1.165) is 24.3 Å². The Hall–Kier alpha value is -2.62. The van der Waals surface area contributed by atoms with E-state index >= 15 is 0 Å². The SMILES string of the molecule is N#Cc1cccc(N2C(=O)C=CC2=O)c1C(F)(F)F. The number of nitriles is 1.